The number of unbranched alkanes of at least 4 members (excludes halogenated alkanes) is 4. The molecule has 9 heavy (non-hydrogen) atoms. The summed E-state index contributed by atoms with van der Waals surface area (Å²) in [5, 5.41) is 8.35. The van der Waals surface area contributed by atoms with Crippen LogP contribution in [-0.4, -0.2) is 18.0 Å². The molecule has 0 saturated heterocycles. The lowest BCUT2D eigenvalue weighted by Crippen LogP contribution is -1.83. The Hall–Kier alpha value is -0.370. The second kappa shape index (κ2) is 7.63. The zero-order valence-corrected chi connectivity index (χ0v) is 5.68. The smallest absolute Gasteiger partial charge is 0.119 e. The van der Waals surface area contributed by atoms with Crippen molar-refractivity contribution in [1.82, 2.24) is 0 Å². The molecule has 0 aromatic rings. The highest BCUT2D eigenvalue weighted by atomic mass is 16.2. The molecule has 2 heteroatoms. The van der Waals surface area contributed by atoms with Crippen molar-refractivity contribution in [2.24, 2.45) is 0 Å². The Morgan fingerprint density at radius 2 is 1.78 bits per heavy atom. The maximum Gasteiger partial charge on any atom is 0.119 e. The summed E-state index contributed by atoms with van der Waals surface area (Å²) in [6.45, 7) is 0.279. The Labute approximate surface area is 55.9 Å². The van der Waals surface area contributed by atoms with E-state index in [1.54, 1.807) is 0 Å². The lowest BCUT2D eigenvalue weighted by Gasteiger charge is -1.93. The average Bonchev–Trinajstić information content (AvgIpc) is 1.89. The van der Waals surface area contributed by atoms with E-state index in [1.165, 1.54) is 0 Å². The molecule has 0 saturated carbocycles. The zero-order chi connectivity index (χ0) is 6.95. The van der Waals surface area contributed by atoms with Crippen molar-refractivity contribution in [2.45, 2.75) is 32.1 Å². The molecule has 0 aliphatic heterocycles. The first-order chi connectivity index (χ1) is 4.41. The number of hydrogen-bond donors (Lipinski definition) is 1. The van der Waals surface area contributed by atoms with E-state index in [0.717, 1.165) is 32.0 Å². The van der Waals surface area contributed by atoms with Gasteiger partial charge in [-0.1, -0.05) is 12.8 Å². The van der Waals surface area contributed by atoms with Crippen LogP contribution in [0.15, 0.2) is 0 Å². The molecule has 0 bridgehead atoms. The highest BCUT2D eigenvalue weighted by Gasteiger charge is 1.86. The number of rotatable bonds is 6. The fourth-order valence-corrected chi connectivity index (χ4v) is 0.693. The van der Waals surface area contributed by atoms with Crippen molar-refractivity contribution in [2.75, 3.05) is 6.61 Å². The molecular formula is C7H14O2. The summed E-state index contributed by atoms with van der Waals surface area (Å²) >= 11 is 0. The van der Waals surface area contributed by atoms with Crippen LogP contribution in [-0.2, 0) is 4.79 Å². The van der Waals surface area contributed by atoms with Gasteiger partial charge in [-0.3, -0.25) is 0 Å². The third-order valence-corrected chi connectivity index (χ3v) is 1.23. The second-order valence-corrected chi connectivity index (χ2v) is 2.09. The minimum Gasteiger partial charge on any atom is -0.396 e. The third-order valence-electron chi connectivity index (χ3n) is 1.23. The molecular weight excluding hydrogens is 116 g/mol. The van der Waals surface area contributed by atoms with E-state index in [1.807, 2.05) is 0 Å². The summed E-state index contributed by atoms with van der Waals surface area (Å²) in [6.07, 6.45) is 5.58. The Morgan fingerprint density at radius 1 is 1.11 bits per heavy atom. The molecule has 0 aliphatic carbocycles. The molecule has 2 nitrogen and oxygen atoms in total. The van der Waals surface area contributed by atoms with Crippen LogP contribution in [0.2, 0.25) is 0 Å². The van der Waals surface area contributed by atoms with E-state index >= 15 is 0 Å². The lowest BCUT2D eigenvalue weighted by atomic mass is 10.2. The fraction of sp³-hybridized carbons (Fsp3) is 0.857. The van der Waals surface area contributed by atoms with Crippen LogP contribution < -0.4 is 0 Å². The van der Waals surface area contributed by atoms with E-state index in [2.05, 4.69) is 0 Å². The quantitative estimate of drug-likeness (QED) is 0.432. The van der Waals surface area contributed by atoms with Crippen molar-refractivity contribution in [3.05, 3.63) is 0 Å². The number of aliphatic hydroxyl groups is 1. The van der Waals surface area contributed by atoms with Gasteiger partial charge in [-0.15, -0.1) is 0 Å². The van der Waals surface area contributed by atoms with Crippen molar-refractivity contribution < 1.29 is 9.90 Å². The van der Waals surface area contributed by atoms with Crippen LogP contribution in [0.3, 0.4) is 0 Å². The molecule has 0 aromatic carbocycles. The van der Waals surface area contributed by atoms with Crippen LogP contribution in [0.5, 0.6) is 0 Å². The maximum atomic E-state index is 9.79. The topological polar surface area (TPSA) is 37.3 Å². The average molecular weight is 130 g/mol. The molecule has 0 radical (unpaired) electrons. The SMILES string of the molecule is O=CCCCCCCO. The minimum absolute atomic E-state index is 0.279. The molecule has 0 aromatic heterocycles. The van der Waals surface area contributed by atoms with E-state index < -0.39 is 0 Å². The summed E-state index contributed by atoms with van der Waals surface area (Å²) in [5.41, 5.74) is 0. The monoisotopic (exact) mass is 130 g/mol. The molecule has 0 amide bonds. The molecule has 0 aliphatic rings. The third kappa shape index (κ3) is 7.63. The predicted molar refractivity (Wildman–Crippen MR) is 36.2 cm³/mol. The standard InChI is InChI=1S/C7H14O2/c8-6-4-2-1-3-5-7-9/h6,9H,1-5,7H2. The number of carbonyl (C=O) groups is 1. The van der Waals surface area contributed by atoms with Gasteiger partial charge >= 0.3 is 0 Å². The molecule has 0 heterocycles. The Balaban J connectivity index is 2.66. The van der Waals surface area contributed by atoms with Crippen LogP contribution in [0, 0.1) is 0 Å². The Morgan fingerprint density at radius 3 is 2.33 bits per heavy atom. The molecule has 0 unspecified atom stereocenters. The fourth-order valence-electron chi connectivity index (χ4n) is 0.693. The highest BCUT2D eigenvalue weighted by molar-refractivity contribution is 5.48. The summed E-state index contributed by atoms with van der Waals surface area (Å²) < 4.78 is 0. The van der Waals surface area contributed by atoms with Gasteiger partial charge in [0.2, 0.25) is 0 Å². The summed E-state index contributed by atoms with van der Waals surface area (Å²) in [5.74, 6) is 0. The van der Waals surface area contributed by atoms with Gasteiger partial charge in [0.15, 0.2) is 0 Å². The number of hydrogen-bond acceptors (Lipinski definition) is 2. The van der Waals surface area contributed by atoms with Gasteiger partial charge in [0.25, 0.3) is 0 Å². The first-order valence-electron chi connectivity index (χ1n) is 3.46. The molecule has 0 atom stereocenters. The van der Waals surface area contributed by atoms with Gasteiger partial charge < -0.3 is 9.90 Å². The van der Waals surface area contributed by atoms with Gasteiger partial charge in [0.1, 0.15) is 6.29 Å². The highest BCUT2D eigenvalue weighted by Crippen LogP contribution is 1.99. The molecule has 0 spiro atoms. The first kappa shape index (κ1) is 8.63. The van der Waals surface area contributed by atoms with Crippen LogP contribution in [0.1, 0.15) is 32.1 Å². The van der Waals surface area contributed by atoms with Gasteiger partial charge in [-0.2, -0.15) is 0 Å². The largest absolute Gasteiger partial charge is 0.396 e. The van der Waals surface area contributed by atoms with Gasteiger partial charge in [-0.05, 0) is 12.8 Å². The Kier molecular flexibility index (Phi) is 7.32. The van der Waals surface area contributed by atoms with E-state index in [-0.39, 0.29) is 6.61 Å². The first-order valence-corrected chi connectivity index (χ1v) is 3.46. The molecule has 1 N–H and O–H groups in total. The normalized spacial score (nSPS) is 9.44. The van der Waals surface area contributed by atoms with Crippen LogP contribution >= 0.6 is 0 Å². The summed E-state index contributed by atoms with van der Waals surface area (Å²) in [4.78, 5) is 9.79. The van der Waals surface area contributed by atoms with Crippen molar-refractivity contribution in [1.29, 1.82) is 0 Å². The van der Waals surface area contributed by atoms with E-state index in [0.29, 0.717) is 6.42 Å². The molecule has 54 valence electrons. The van der Waals surface area contributed by atoms with Crippen LogP contribution in [0.25, 0.3) is 0 Å². The van der Waals surface area contributed by atoms with E-state index in [9.17, 15) is 4.79 Å². The number of aldehydes is 1. The van der Waals surface area contributed by atoms with Crippen molar-refractivity contribution >= 4 is 6.29 Å². The molecule has 0 rings (SSSR count). The lowest BCUT2D eigenvalue weighted by molar-refractivity contribution is -0.107. The number of aliphatic hydroxyl groups excluding tert-OH is 1. The van der Waals surface area contributed by atoms with Crippen LogP contribution in [0.4, 0.5) is 0 Å². The zero-order valence-electron chi connectivity index (χ0n) is 5.68. The van der Waals surface area contributed by atoms with Gasteiger partial charge in [0, 0.05) is 13.0 Å². The summed E-state index contributed by atoms with van der Waals surface area (Å²) in [7, 11) is 0. The minimum atomic E-state index is 0.279. The van der Waals surface area contributed by atoms with E-state index in [4.69, 9.17) is 5.11 Å². The number of carbonyl (C=O) groups excluding carboxylic acids is 1. The Bertz CT molecular complexity index is 61.9. The van der Waals surface area contributed by atoms with Gasteiger partial charge in [0.05, 0.1) is 0 Å². The second-order valence-electron chi connectivity index (χ2n) is 2.09. The maximum absolute atomic E-state index is 9.79. The van der Waals surface area contributed by atoms with Crippen molar-refractivity contribution in [3.63, 3.8) is 0 Å². The molecule has 0 fully saturated rings. The van der Waals surface area contributed by atoms with Crippen molar-refractivity contribution in [3.8, 4) is 0 Å². The van der Waals surface area contributed by atoms with Gasteiger partial charge in [-0.25, -0.2) is 0 Å². The summed E-state index contributed by atoms with van der Waals surface area (Å²) in [6, 6.07) is 0. The predicted octanol–water partition coefficient (Wildman–Crippen LogP) is 1.13.